The quantitative estimate of drug-likeness (QED) is 0.825. The third kappa shape index (κ3) is 4.56. The van der Waals surface area contributed by atoms with Gasteiger partial charge in [-0.1, -0.05) is 29.8 Å². The average Bonchev–Trinajstić information content (AvgIpc) is 2.53. The van der Waals surface area contributed by atoms with Crippen molar-refractivity contribution in [3.8, 4) is 0 Å². The third-order valence-corrected chi connectivity index (χ3v) is 5.28. The molecule has 0 saturated carbocycles. The number of benzene rings is 2. The van der Waals surface area contributed by atoms with Gasteiger partial charge in [-0.05, 0) is 49.2 Å². The molecule has 5 nitrogen and oxygen atoms in total. The average molecular weight is 367 g/mol. The van der Waals surface area contributed by atoms with Gasteiger partial charge in [-0.2, -0.15) is 0 Å². The van der Waals surface area contributed by atoms with Crippen molar-refractivity contribution in [2.24, 2.45) is 0 Å². The van der Waals surface area contributed by atoms with Crippen LogP contribution in [0.3, 0.4) is 0 Å². The van der Waals surface area contributed by atoms with Crippen LogP contribution in [0.1, 0.15) is 28.4 Å². The normalized spacial score (nSPS) is 11.3. The molecule has 24 heavy (non-hydrogen) atoms. The number of nitrogens with one attached hydrogen (secondary N) is 2. The molecule has 2 aromatic rings. The van der Waals surface area contributed by atoms with Crippen molar-refractivity contribution in [2.45, 2.75) is 25.3 Å². The summed E-state index contributed by atoms with van der Waals surface area (Å²) >= 11 is 6.02. The van der Waals surface area contributed by atoms with Gasteiger partial charge in [0.1, 0.15) is 4.90 Å². The molecule has 0 spiro atoms. The van der Waals surface area contributed by atoms with Crippen LogP contribution in [0.25, 0.3) is 0 Å². The zero-order valence-electron chi connectivity index (χ0n) is 13.5. The first-order valence-electron chi connectivity index (χ1n) is 7.46. The Morgan fingerprint density at radius 1 is 1.12 bits per heavy atom. The van der Waals surface area contributed by atoms with Gasteiger partial charge in [0, 0.05) is 18.7 Å². The van der Waals surface area contributed by atoms with Crippen molar-refractivity contribution in [1.82, 2.24) is 10.0 Å². The molecule has 2 aromatic carbocycles. The van der Waals surface area contributed by atoms with Crippen molar-refractivity contribution in [1.29, 1.82) is 0 Å². The molecule has 0 unspecified atom stereocenters. The molecule has 0 fully saturated rings. The Bertz CT molecular complexity index is 833. The van der Waals surface area contributed by atoms with E-state index in [0.29, 0.717) is 12.1 Å². The molecule has 0 bridgehead atoms. The van der Waals surface area contributed by atoms with E-state index in [1.807, 2.05) is 13.8 Å². The van der Waals surface area contributed by atoms with E-state index in [-0.39, 0.29) is 22.4 Å². The Kier molecular flexibility index (Phi) is 5.99. The monoisotopic (exact) mass is 366 g/mol. The lowest BCUT2D eigenvalue weighted by molar-refractivity contribution is 0.0956. The molecule has 2 N–H and O–H groups in total. The SMILES string of the molecule is CCNC(=O)c1ccc(CNS(=O)(=O)c2ccc(C)cc2Cl)cc1. The van der Waals surface area contributed by atoms with Crippen LogP contribution < -0.4 is 10.0 Å². The summed E-state index contributed by atoms with van der Waals surface area (Å²) in [5.74, 6) is -0.156. The van der Waals surface area contributed by atoms with E-state index in [4.69, 9.17) is 11.6 Å². The van der Waals surface area contributed by atoms with Crippen LogP contribution >= 0.6 is 11.6 Å². The highest BCUT2D eigenvalue weighted by atomic mass is 35.5. The maximum Gasteiger partial charge on any atom is 0.251 e. The fourth-order valence-corrected chi connectivity index (χ4v) is 3.73. The van der Waals surface area contributed by atoms with Crippen molar-refractivity contribution in [3.05, 3.63) is 64.2 Å². The van der Waals surface area contributed by atoms with Crippen LogP contribution in [-0.2, 0) is 16.6 Å². The van der Waals surface area contributed by atoms with E-state index in [1.54, 1.807) is 36.4 Å². The molecule has 128 valence electrons. The lowest BCUT2D eigenvalue weighted by atomic mass is 10.1. The summed E-state index contributed by atoms with van der Waals surface area (Å²) in [5, 5.41) is 2.89. The van der Waals surface area contributed by atoms with Crippen molar-refractivity contribution in [2.75, 3.05) is 6.54 Å². The Balaban J connectivity index is 2.08. The van der Waals surface area contributed by atoms with Gasteiger partial charge in [-0.25, -0.2) is 13.1 Å². The van der Waals surface area contributed by atoms with Gasteiger partial charge in [-0.15, -0.1) is 0 Å². The largest absolute Gasteiger partial charge is 0.352 e. The Hall–Kier alpha value is -1.89. The third-order valence-electron chi connectivity index (χ3n) is 3.40. The standard InChI is InChI=1S/C17H19ClN2O3S/c1-3-19-17(21)14-7-5-13(6-8-14)11-20-24(22,23)16-9-4-12(2)10-15(16)18/h4-10,20H,3,11H2,1-2H3,(H,19,21). The van der Waals surface area contributed by atoms with Crippen LogP contribution in [0.2, 0.25) is 5.02 Å². The Morgan fingerprint density at radius 3 is 2.38 bits per heavy atom. The number of carbonyl (C=O) groups excluding carboxylic acids is 1. The summed E-state index contributed by atoms with van der Waals surface area (Å²) in [6, 6.07) is 11.5. The predicted octanol–water partition coefficient (Wildman–Crippen LogP) is 2.88. The first kappa shape index (κ1) is 18.4. The Labute approximate surface area is 147 Å². The molecule has 0 atom stereocenters. The Morgan fingerprint density at radius 2 is 1.79 bits per heavy atom. The van der Waals surface area contributed by atoms with Gasteiger partial charge in [0.15, 0.2) is 0 Å². The molecule has 1 amide bonds. The van der Waals surface area contributed by atoms with Gasteiger partial charge in [0.25, 0.3) is 5.91 Å². The molecule has 2 rings (SSSR count). The number of aryl methyl sites for hydroxylation is 1. The van der Waals surface area contributed by atoms with E-state index in [0.717, 1.165) is 11.1 Å². The number of hydrogen-bond acceptors (Lipinski definition) is 3. The molecule has 0 heterocycles. The van der Waals surface area contributed by atoms with Crippen LogP contribution in [0, 0.1) is 6.92 Å². The molecule has 0 aliphatic rings. The van der Waals surface area contributed by atoms with E-state index in [2.05, 4.69) is 10.0 Å². The van der Waals surface area contributed by atoms with Crippen molar-refractivity contribution < 1.29 is 13.2 Å². The number of rotatable bonds is 6. The summed E-state index contributed by atoms with van der Waals surface area (Å²) < 4.78 is 27.2. The highest BCUT2D eigenvalue weighted by molar-refractivity contribution is 7.89. The van der Waals surface area contributed by atoms with E-state index >= 15 is 0 Å². The second-order valence-corrected chi connectivity index (χ2v) is 7.46. The zero-order chi connectivity index (χ0) is 17.7. The highest BCUT2D eigenvalue weighted by Gasteiger charge is 2.17. The number of carbonyl (C=O) groups is 1. The summed E-state index contributed by atoms with van der Waals surface area (Å²) in [7, 11) is -3.70. The maximum absolute atomic E-state index is 12.3. The maximum atomic E-state index is 12.3. The second kappa shape index (κ2) is 7.79. The summed E-state index contributed by atoms with van der Waals surface area (Å²) in [4.78, 5) is 11.7. The number of halogens is 1. The van der Waals surface area contributed by atoms with Crippen LogP contribution in [0.15, 0.2) is 47.4 Å². The molecule has 0 aliphatic carbocycles. The predicted molar refractivity (Wildman–Crippen MR) is 94.7 cm³/mol. The summed E-state index contributed by atoms with van der Waals surface area (Å²) in [6.45, 7) is 4.35. The molecule has 0 aromatic heterocycles. The zero-order valence-corrected chi connectivity index (χ0v) is 15.0. The lowest BCUT2D eigenvalue weighted by Crippen LogP contribution is -2.24. The fraction of sp³-hybridized carbons (Fsp3) is 0.235. The van der Waals surface area contributed by atoms with Crippen molar-refractivity contribution >= 4 is 27.5 Å². The van der Waals surface area contributed by atoms with Gasteiger partial charge in [-0.3, -0.25) is 4.79 Å². The number of sulfonamides is 1. The smallest absolute Gasteiger partial charge is 0.251 e. The van der Waals surface area contributed by atoms with E-state index in [1.165, 1.54) is 6.07 Å². The molecule has 0 aliphatic heterocycles. The fourth-order valence-electron chi connectivity index (χ4n) is 2.12. The second-order valence-electron chi connectivity index (χ2n) is 5.31. The van der Waals surface area contributed by atoms with Gasteiger partial charge < -0.3 is 5.32 Å². The van der Waals surface area contributed by atoms with Crippen LogP contribution in [0.4, 0.5) is 0 Å². The lowest BCUT2D eigenvalue weighted by Gasteiger charge is -2.09. The molecular weight excluding hydrogens is 348 g/mol. The highest BCUT2D eigenvalue weighted by Crippen LogP contribution is 2.22. The minimum Gasteiger partial charge on any atom is -0.352 e. The first-order valence-corrected chi connectivity index (χ1v) is 9.32. The summed E-state index contributed by atoms with van der Waals surface area (Å²) in [5.41, 5.74) is 2.17. The van der Waals surface area contributed by atoms with E-state index < -0.39 is 10.0 Å². The number of hydrogen-bond donors (Lipinski definition) is 2. The first-order chi connectivity index (χ1) is 11.3. The van der Waals surface area contributed by atoms with Crippen LogP contribution in [-0.4, -0.2) is 20.9 Å². The molecule has 0 saturated heterocycles. The minimum absolute atomic E-state index is 0.0497. The van der Waals surface area contributed by atoms with Crippen molar-refractivity contribution in [3.63, 3.8) is 0 Å². The van der Waals surface area contributed by atoms with Gasteiger partial charge in [0.2, 0.25) is 10.0 Å². The van der Waals surface area contributed by atoms with E-state index in [9.17, 15) is 13.2 Å². The van der Waals surface area contributed by atoms with Gasteiger partial charge >= 0.3 is 0 Å². The molecular formula is C17H19ClN2O3S. The minimum atomic E-state index is -3.70. The summed E-state index contributed by atoms with van der Waals surface area (Å²) in [6.07, 6.45) is 0. The van der Waals surface area contributed by atoms with Crippen LogP contribution in [0.5, 0.6) is 0 Å². The number of amides is 1. The molecule has 7 heteroatoms. The topological polar surface area (TPSA) is 75.3 Å². The molecule has 0 radical (unpaired) electrons. The van der Waals surface area contributed by atoms with Gasteiger partial charge in [0.05, 0.1) is 5.02 Å².